The third-order valence-corrected chi connectivity index (χ3v) is 11.7. The minimum Gasteiger partial charge on any atom is -0.489 e. The Morgan fingerprint density at radius 1 is 0.896 bits per heavy atom. The lowest BCUT2D eigenvalue weighted by atomic mass is 9.55. The molecule has 0 saturated heterocycles. The van der Waals surface area contributed by atoms with Crippen molar-refractivity contribution in [1.29, 1.82) is 0 Å². The average Bonchev–Trinajstić information content (AvgIpc) is 3.45. The fourth-order valence-electron chi connectivity index (χ4n) is 8.92. The van der Waals surface area contributed by atoms with E-state index in [2.05, 4.69) is 78.6 Å². The van der Waals surface area contributed by atoms with Gasteiger partial charge >= 0.3 is 5.97 Å². The van der Waals surface area contributed by atoms with Crippen molar-refractivity contribution < 1.29 is 19.0 Å². The van der Waals surface area contributed by atoms with Crippen molar-refractivity contribution >= 4 is 34.9 Å². The highest BCUT2D eigenvalue weighted by Crippen LogP contribution is 2.61. The first-order valence-corrected chi connectivity index (χ1v) is 19.1. The van der Waals surface area contributed by atoms with Crippen molar-refractivity contribution in [3.63, 3.8) is 0 Å². The molecule has 0 aromatic heterocycles. The smallest absolute Gasteiger partial charge is 0.305 e. The largest absolute Gasteiger partial charge is 0.489 e. The molecule has 3 aromatic rings. The molecule has 0 amide bonds. The molecule has 0 heterocycles. The summed E-state index contributed by atoms with van der Waals surface area (Å²) in [7, 11) is 0. The number of benzene rings is 3. The molecule has 3 aliphatic rings. The Balaban J connectivity index is 0.917. The minimum atomic E-state index is -0.142. The molecule has 2 fully saturated rings. The number of alkyl halides is 2. The van der Waals surface area contributed by atoms with Crippen LogP contribution in [0.3, 0.4) is 0 Å². The maximum atomic E-state index is 12.5. The lowest BCUT2D eigenvalue weighted by Crippen LogP contribution is -2.45. The maximum Gasteiger partial charge on any atom is 0.305 e. The Hall–Kier alpha value is -2.73. The third kappa shape index (κ3) is 8.34. The number of carbonyl (C=O) groups excluding carboxylic acids is 1. The number of fused-ring (bicyclic) bond motifs is 5. The number of hydrogen-bond acceptors (Lipinski definition) is 5. The van der Waals surface area contributed by atoms with Gasteiger partial charge in [-0.1, -0.05) is 55.5 Å². The van der Waals surface area contributed by atoms with Gasteiger partial charge in [0.25, 0.3) is 0 Å². The number of carbonyl (C=O) groups is 1. The molecule has 4 unspecified atom stereocenters. The summed E-state index contributed by atoms with van der Waals surface area (Å²) in [5.74, 6) is 4.00. The SMILES string of the molecule is C[C@]12CCC3c4ccc(OCc5ccccc5)cc4CCC3C1CCC2OCCOC(=O)CCCc1ccc(N(CCCl)CCCl)cc1. The zero-order valence-electron chi connectivity index (χ0n) is 28.4. The Morgan fingerprint density at radius 3 is 2.46 bits per heavy atom. The molecular formula is C41H51Cl2NO4. The molecule has 6 rings (SSSR count). The number of ether oxygens (including phenoxy) is 3. The molecule has 258 valence electrons. The van der Waals surface area contributed by atoms with Crippen molar-refractivity contribution in [3.05, 3.63) is 95.1 Å². The molecular weight excluding hydrogens is 641 g/mol. The zero-order chi connectivity index (χ0) is 33.3. The van der Waals surface area contributed by atoms with Crippen LogP contribution in [-0.4, -0.2) is 50.1 Å². The summed E-state index contributed by atoms with van der Waals surface area (Å²) in [4.78, 5) is 14.7. The van der Waals surface area contributed by atoms with Crippen molar-refractivity contribution in [2.75, 3.05) is 43.0 Å². The lowest BCUT2D eigenvalue weighted by Gasteiger charge is -2.50. The molecule has 3 aliphatic carbocycles. The van der Waals surface area contributed by atoms with E-state index >= 15 is 0 Å². The lowest BCUT2D eigenvalue weighted by molar-refractivity contribution is -0.147. The quantitative estimate of drug-likeness (QED) is 0.0851. The summed E-state index contributed by atoms with van der Waals surface area (Å²) in [6, 6.07) is 25.7. The van der Waals surface area contributed by atoms with Gasteiger partial charge in [0.2, 0.25) is 0 Å². The van der Waals surface area contributed by atoms with E-state index in [9.17, 15) is 4.79 Å². The first kappa shape index (κ1) is 35.1. The van der Waals surface area contributed by atoms with Crippen molar-refractivity contribution in [2.24, 2.45) is 17.3 Å². The van der Waals surface area contributed by atoms with Crippen LogP contribution in [0.15, 0.2) is 72.8 Å². The number of rotatable bonds is 16. The molecule has 0 bridgehead atoms. The second kappa shape index (κ2) is 16.8. The highest BCUT2D eigenvalue weighted by atomic mass is 35.5. The number of anilines is 1. The number of hydrogen-bond donors (Lipinski definition) is 0. The standard InChI is InChI=1S/C41H51Cl2NO4/c1-41-21-20-36-35-17-15-34(48-29-31-6-3-2-4-7-31)28-32(35)12-16-37(36)38(41)18-19-39(41)46-26-27-47-40(45)9-5-8-30-10-13-33(14-11-30)44(24-22-42)25-23-43/h2-4,6-7,10-11,13-15,17,28,36-39H,5,8-9,12,16,18-27,29H2,1H3/t36?,37?,38?,39?,41-/m0/s1. The van der Waals surface area contributed by atoms with Crippen LogP contribution in [0, 0.1) is 17.3 Å². The predicted molar refractivity (Wildman–Crippen MR) is 196 cm³/mol. The van der Waals surface area contributed by atoms with Crippen LogP contribution in [0.5, 0.6) is 5.75 Å². The normalized spacial score (nSPS) is 24.3. The number of esters is 1. The van der Waals surface area contributed by atoms with Gasteiger partial charge in [-0.15, -0.1) is 23.2 Å². The Morgan fingerprint density at radius 2 is 1.69 bits per heavy atom. The van der Waals surface area contributed by atoms with Crippen LogP contribution in [0.4, 0.5) is 5.69 Å². The first-order chi connectivity index (χ1) is 23.5. The summed E-state index contributed by atoms with van der Waals surface area (Å²) >= 11 is 11.9. The number of nitrogens with zero attached hydrogens (tertiary/aromatic N) is 1. The maximum absolute atomic E-state index is 12.5. The molecule has 3 aromatic carbocycles. The van der Waals surface area contributed by atoms with Crippen molar-refractivity contribution in [1.82, 2.24) is 0 Å². The fourth-order valence-corrected chi connectivity index (χ4v) is 9.33. The van der Waals surface area contributed by atoms with Gasteiger partial charge in [0.1, 0.15) is 19.0 Å². The first-order valence-electron chi connectivity index (χ1n) is 18.0. The van der Waals surface area contributed by atoms with Crippen LogP contribution in [0.1, 0.15) is 80.0 Å². The number of halogens is 2. The highest BCUT2D eigenvalue weighted by molar-refractivity contribution is 6.18. The van der Waals surface area contributed by atoms with Gasteiger partial charge in [-0.3, -0.25) is 4.79 Å². The molecule has 48 heavy (non-hydrogen) atoms. The van der Waals surface area contributed by atoms with E-state index in [1.165, 1.54) is 42.4 Å². The summed E-state index contributed by atoms with van der Waals surface area (Å²) in [6.07, 6.45) is 9.37. The molecule has 0 N–H and O–H groups in total. The van der Waals surface area contributed by atoms with Crippen LogP contribution in [0.2, 0.25) is 0 Å². The molecule has 2 saturated carbocycles. The summed E-state index contributed by atoms with van der Waals surface area (Å²) in [5.41, 5.74) is 6.75. The van der Waals surface area contributed by atoms with E-state index in [0.29, 0.717) is 55.8 Å². The van der Waals surface area contributed by atoms with E-state index in [0.717, 1.165) is 50.2 Å². The monoisotopic (exact) mass is 691 g/mol. The predicted octanol–water partition coefficient (Wildman–Crippen LogP) is 9.36. The van der Waals surface area contributed by atoms with Crippen molar-refractivity contribution in [2.45, 2.75) is 83.3 Å². The van der Waals surface area contributed by atoms with E-state index in [1.807, 2.05) is 6.07 Å². The Kier molecular flexibility index (Phi) is 12.3. The van der Waals surface area contributed by atoms with Crippen LogP contribution in [0.25, 0.3) is 0 Å². The van der Waals surface area contributed by atoms with Gasteiger partial charge in [-0.2, -0.15) is 0 Å². The van der Waals surface area contributed by atoms with Gasteiger partial charge in [-0.05, 0) is 121 Å². The molecule has 0 radical (unpaired) electrons. The minimum absolute atomic E-state index is 0.142. The molecule has 5 nitrogen and oxygen atoms in total. The average molecular weight is 693 g/mol. The van der Waals surface area contributed by atoms with Crippen LogP contribution < -0.4 is 9.64 Å². The second-order valence-electron chi connectivity index (χ2n) is 14.1. The van der Waals surface area contributed by atoms with Gasteiger partial charge in [0.05, 0.1) is 12.7 Å². The van der Waals surface area contributed by atoms with Gasteiger partial charge in [0.15, 0.2) is 0 Å². The van der Waals surface area contributed by atoms with E-state index in [1.54, 1.807) is 5.56 Å². The topological polar surface area (TPSA) is 48.0 Å². The Labute approximate surface area is 297 Å². The molecule has 0 spiro atoms. The van der Waals surface area contributed by atoms with Gasteiger partial charge in [-0.25, -0.2) is 0 Å². The summed E-state index contributed by atoms with van der Waals surface area (Å²) < 4.78 is 18.2. The molecule has 0 aliphatic heterocycles. The van der Waals surface area contributed by atoms with E-state index < -0.39 is 0 Å². The van der Waals surface area contributed by atoms with E-state index in [4.69, 9.17) is 37.4 Å². The van der Waals surface area contributed by atoms with Crippen LogP contribution in [-0.2, 0) is 33.7 Å². The van der Waals surface area contributed by atoms with Crippen LogP contribution >= 0.6 is 23.2 Å². The molecule has 5 atom stereocenters. The third-order valence-electron chi connectivity index (χ3n) is 11.4. The summed E-state index contributed by atoms with van der Waals surface area (Å²) in [5, 5.41) is 0. The Bertz CT molecular complexity index is 1460. The summed E-state index contributed by atoms with van der Waals surface area (Å²) in [6.45, 7) is 5.42. The highest BCUT2D eigenvalue weighted by Gasteiger charge is 2.55. The second-order valence-corrected chi connectivity index (χ2v) is 14.9. The van der Waals surface area contributed by atoms with Crippen molar-refractivity contribution in [3.8, 4) is 5.75 Å². The zero-order valence-corrected chi connectivity index (χ0v) is 29.9. The van der Waals surface area contributed by atoms with Gasteiger partial charge in [0, 0.05) is 37.0 Å². The van der Waals surface area contributed by atoms with E-state index in [-0.39, 0.29) is 17.5 Å². The molecule has 7 heteroatoms. The number of aryl methyl sites for hydroxylation is 2. The fraction of sp³-hybridized carbons (Fsp3) is 0.537. The van der Waals surface area contributed by atoms with Gasteiger partial charge < -0.3 is 19.1 Å².